The van der Waals surface area contributed by atoms with E-state index < -0.39 is 0 Å². The molecule has 0 aromatic heterocycles. The van der Waals surface area contributed by atoms with Crippen LogP contribution >= 0.6 is 0 Å². The van der Waals surface area contributed by atoms with Crippen molar-refractivity contribution in [1.82, 2.24) is 5.32 Å². The van der Waals surface area contributed by atoms with Crippen LogP contribution in [0.25, 0.3) is 0 Å². The van der Waals surface area contributed by atoms with Crippen LogP contribution in [0.15, 0.2) is 0 Å². The quantitative estimate of drug-likeness (QED) is 0.613. The monoisotopic (exact) mass is 173 g/mol. The van der Waals surface area contributed by atoms with E-state index >= 15 is 0 Å². The van der Waals surface area contributed by atoms with Gasteiger partial charge in [0.05, 0.1) is 6.61 Å². The minimum Gasteiger partial charge on any atom is -0.383 e. The van der Waals surface area contributed by atoms with Crippen LogP contribution in [0.3, 0.4) is 0 Å². The Morgan fingerprint density at radius 1 is 1.50 bits per heavy atom. The van der Waals surface area contributed by atoms with E-state index in [9.17, 15) is 4.79 Å². The fourth-order valence-electron chi connectivity index (χ4n) is 0.801. The number of ether oxygens (including phenoxy) is 1. The normalized spacial score (nSPS) is 10.3. The van der Waals surface area contributed by atoms with Crippen LogP contribution in [0.5, 0.6) is 0 Å². The summed E-state index contributed by atoms with van der Waals surface area (Å²) in [6, 6.07) is 0. The Hall–Kier alpha value is -0.570. The van der Waals surface area contributed by atoms with E-state index in [4.69, 9.17) is 4.74 Å². The molecule has 1 amide bonds. The highest BCUT2D eigenvalue weighted by Gasteiger charge is 2.01. The third-order valence-electron chi connectivity index (χ3n) is 1.58. The molecule has 0 aliphatic heterocycles. The summed E-state index contributed by atoms with van der Waals surface area (Å²) in [7, 11) is 1.63. The second-order valence-electron chi connectivity index (χ2n) is 3.28. The van der Waals surface area contributed by atoms with Gasteiger partial charge in [-0.1, -0.05) is 13.8 Å². The van der Waals surface area contributed by atoms with E-state index in [-0.39, 0.29) is 5.91 Å². The van der Waals surface area contributed by atoms with Crippen molar-refractivity contribution in [3.63, 3.8) is 0 Å². The predicted molar refractivity (Wildman–Crippen MR) is 49.0 cm³/mol. The SMILES string of the molecule is COCCNC(=O)CCC(C)C. The van der Waals surface area contributed by atoms with Crippen molar-refractivity contribution in [2.24, 2.45) is 5.92 Å². The third-order valence-corrected chi connectivity index (χ3v) is 1.58. The summed E-state index contributed by atoms with van der Waals surface area (Å²) in [6.07, 6.45) is 1.58. The molecular formula is C9H19NO2. The van der Waals surface area contributed by atoms with E-state index in [1.807, 2.05) is 0 Å². The molecule has 0 aliphatic rings. The summed E-state index contributed by atoms with van der Waals surface area (Å²) in [4.78, 5) is 11.1. The summed E-state index contributed by atoms with van der Waals surface area (Å²) in [6.45, 7) is 5.44. The largest absolute Gasteiger partial charge is 0.383 e. The van der Waals surface area contributed by atoms with Crippen LogP contribution in [0.1, 0.15) is 26.7 Å². The van der Waals surface area contributed by atoms with E-state index in [2.05, 4.69) is 19.2 Å². The second kappa shape index (κ2) is 7.10. The summed E-state index contributed by atoms with van der Waals surface area (Å²) in [5, 5.41) is 2.78. The molecule has 0 saturated carbocycles. The summed E-state index contributed by atoms with van der Waals surface area (Å²) < 4.78 is 4.80. The van der Waals surface area contributed by atoms with Crippen molar-refractivity contribution in [2.75, 3.05) is 20.3 Å². The van der Waals surface area contributed by atoms with E-state index in [1.165, 1.54) is 0 Å². The van der Waals surface area contributed by atoms with Gasteiger partial charge in [-0.3, -0.25) is 4.79 Å². The number of hydrogen-bond donors (Lipinski definition) is 1. The molecule has 3 nitrogen and oxygen atoms in total. The zero-order valence-electron chi connectivity index (χ0n) is 8.22. The maximum Gasteiger partial charge on any atom is 0.220 e. The van der Waals surface area contributed by atoms with Crippen molar-refractivity contribution >= 4 is 5.91 Å². The summed E-state index contributed by atoms with van der Waals surface area (Å²) in [5.74, 6) is 0.721. The highest BCUT2D eigenvalue weighted by molar-refractivity contribution is 5.75. The molecule has 0 saturated heterocycles. The summed E-state index contributed by atoms with van der Waals surface area (Å²) in [5.41, 5.74) is 0. The average Bonchev–Trinajstić information content (AvgIpc) is 2.01. The van der Waals surface area contributed by atoms with Crippen molar-refractivity contribution < 1.29 is 9.53 Å². The van der Waals surface area contributed by atoms with Crippen LogP contribution in [-0.4, -0.2) is 26.2 Å². The minimum atomic E-state index is 0.126. The van der Waals surface area contributed by atoms with Crippen LogP contribution in [-0.2, 0) is 9.53 Å². The molecular weight excluding hydrogens is 154 g/mol. The Bertz CT molecular complexity index is 124. The van der Waals surface area contributed by atoms with Crippen LogP contribution < -0.4 is 5.32 Å². The Kier molecular flexibility index (Phi) is 6.76. The van der Waals surface area contributed by atoms with Crippen LogP contribution in [0.2, 0.25) is 0 Å². The Morgan fingerprint density at radius 2 is 2.17 bits per heavy atom. The van der Waals surface area contributed by atoms with Crippen molar-refractivity contribution in [3.8, 4) is 0 Å². The predicted octanol–water partition coefficient (Wildman–Crippen LogP) is 1.19. The smallest absolute Gasteiger partial charge is 0.220 e. The van der Waals surface area contributed by atoms with E-state index in [1.54, 1.807) is 7.11 Å². The van der Waals surface area contributed by atoms with Gasteiger partial charge in [0, 0.05) is 20.1 Å². The second-order valence-corrected chi connectivity index (χ2v) is 3.28. The lowest BCUT2D eigenvalue weighted by molar-refractivity contribution is -0.121. The Labute approximate surface area is 74.5 Å². The molecule has 0 aromatic rings. The van der Waals surface area contributed by atoms with E-state index in [0.717, 1.165) is 6.42 Å². The van der Waals surface area contributed by atoms with Gasteiger partial charge in [0.2, 0.25) is 5.91 Å². The van der Waals surface area contributed by atoms with Gasteiger partial charge in [0.1, 0.15) is 0 Å². The highest BCUT2D eigenvalue weighted by Crippen LogP contribution is 2.02. The van der Waals surface area contributed by atoms with Gasteiger partial charge in [-0.25, -0.2) is 0 Å². The fourth-order valence-corrected chi connectivity index (χ4v) is 0.801. The Balaban J connectivity index is 3.22. The Morgan fingerprint density at radius 3 is 2.67 bits per heavy atom. The van der Waals surface area contributed by atoms with Gasteiger partial charge in [0.15, 0.2) is 0 Å². The zero-order chi connectivity index (χ0) is 9.40. The number of carbonyl (C=O) groups excluding carboxylic acids is 1. The van der Waals surface area contributed by atoms with Gasteiger partial charge >= 0.3 is 0 Å². The van der Waals surface area contributed by atoms with Crippen molar-refractivity contribution in [2.45, 2.75) is 26.7 Å². The molecule has 0 bridgehead atoms. The molecule has 1 N–H and O–H groups in total. The molecule has 0 heterocycles. The fraction of sp³-hybridized carbons (Fsp3) is 0.889. The molecule has 0 aliphatic carbocycles. The number of nitrogens with one attached hydrogen (secondary N) is 1. The average molecular weight is 173 g/mol. The highest BCUT2D eigenvalue weighted by atomic mass is 16.5. The lowest BCUT2D eigenvalue weighted by Gasteiger charge is -2.05. The first-order valence-corrected chi connectivity index (χ1v) is 4.42. The number of carbonyl (C=O) groups is 1. The molecule has 0 unspecified atom stereocenters. The lowest BCUT2D eigenvalue weighted by atomic mass is 10.1. The topological polar surface area (TPSA) is 38.3 Å². The lowest BCUT2D eigenvalue weighted by Crippen LogP contribution is -2.26. The van der Waals surface area contributed by atoms with Gasteiger partial charge in [0.25, 0.3) is 0 Å². The molecule has 0 fully saturated rings. The van der Waals surface area contributed by atoms with Crippen LogP contribution in [0.4, 0.5) is 0 Å². The summed E-state index contributed by atoms with van der Waals surface area (Å²) >= 11 is 0. The van der Waals surface area contributed by atoms with Crippen molar-refractivity contribution in [3.05, 3.63) is 0 Å². The number of rotatable bonds is 6. The molecule has 72 valence electrons. The van der Waals surface area contributed by atoms with Gasteiger partial charge in [-0.05, 0) is 12.3 Å². The third kappa shape index (κ3) is 7.54. The molecule has 0 radical (unpaired) electrons. The van der Waals surface area contributed by atoms with Gasteiger partial charge in [-0.2, -0.15) is 0 Å². The number of hydrogen-bond acceptors (Lipinski definition) is 2. The van der Waals surface area contributed by atoms with Crippen molar-refractivity contribution in [1.29, 1.82) is 0 Å². The number of amides is 1. The first kappa shape index (κ1) is 11.4. The minimum absolute atomic E-state index is 0.126. The molecule has 3 heteroatoms. The molecule has 0 atom stereocenters. The first-order chi connectivity index (χ1) is 5.66. The van der Waals surface area contributed by atoms with Gasteiger partial charge in [-0.15, -0.1) is 0 Å². The molecule has 0 rings (SSSR count). The number of methoxy groups -OCH3 is 1. The van der Waals surface area contributed by atoms with E-state index in [0.29, 0.717) is 25.5 Å². The zero-order valence-corrected chi connectivity index (χ0v) is 8.22. The maximum absolute atomic E-state index is 11.1. The maximum atomic E-state index is 11.1. The van der Waals surface area contributed by atoms with Crippen LogP contribution in [0, 0.1) is 5.92 Å². The first-order valence-electron chi connectivity index (χ1n) is 4.42. The molecule has 12 heavy (non-hydrogen) atoms. The molecule has 0 spiro atoms. The van der Waals surface area contributed by atoms with Gasteiger partial charge < -0.3 is 10.1 Å². The molecule has 0 aromatic carbocycles. The standard InChI is InChI=1S/C9H19NO2/c1-8(2)4-5-9(11)10-6-7-12-3/h8H,4-7H2,1-3H3,(H,10,11).